The SMILES string of the molecule is Cc1nnc(-c2ccc(CN(C(=O)C3CCN(C)CC3)c3ccccc3)nc2)o1. The van der Waals surface area contributed by atoms with E-state index in [1.165, 1.54) is 0 Å². The Hall–Kier alpha value is -3.06. The maximum atomic E-state index is 13.3. The minimum Gasteiger partial charge on any atom is -0.421 e. The zero-order chi connectivity index (χ0) is 20.2. The molecule has 0 radical (unpaired) electrons. The van der Waals surface area contributed by atoms with E-state index in [1.807, 2.05) is 47.4 Å². The van der Waals surface area contributed by atoms with Crippen molar-refractivity contribution < 1.29 is 9.21 Å². The van der Waals surface area contributed by atoms with Crippen LogP contribution in [0.3, 0.4) is 0 Å². The predicted molar refractivity (Wildman–Crippen MR) is 110 cm³/mol. The van der Waals surface area contributed by atoms with Crippen molar-refractivity contribution in [3.05, 3.63) is 60.2 Å². The number of carbonyl (C=O) groups is 1. The number of carbonyl (C=O) groups excluding carboxylic acids is 1. The standard InChI is InChI=1S/C22H25N5O2/c1-16-24-25-21(29-16)18-8-9-19(23-14-18)15-27(20-6-4-3-5-7-20)22(28)17-10-12-26(2)13-11-17/h3-9,14,17H,10-13,15H2,1-2H3. The Labute approximate surface area is 170 Å². The van der Waals surface area contributed by atoms with E-state index < -0.39 is 0 Å². The fraction of sp³-hybridized carbons (Fsp3) is 0.364. The first-order valence-corrected chi connectivity index (χ1v) is 9.90. The maximum Gasteiger partial charge on any atom is 0.249 e. The molecule has 150 valence electrons. The van der Waals surface area contributed by atoms with E-state index in [-0.39, 0.29) is 11.8 Å². The Morgan fingerprint density at radius 3 is 2.52 bits per heavy atom. The zero-order valence-electron chi connectivity index (χ0n) is 16.8. The predicted octanol–water partition coefficient (Wildman–Crippen LogP) is 3.32. The summed E-state index contributed by atoms with van der Waals surface area (Å²) in [6.07, 6.45) is 3.49. The molecule has 1 aromatic carbocycles. The lowest BCUT2D eigenvalue weighted by Crippen LogP contribution is -2.41. The van der Waals surface area contributed by atoms with E-state index in [4.69, 9.17) is 4.42 Å². The molecule has 0 aliphatic carbocycles. The molecule has 3 aromatic rings. The summed E-state index contributed by atoms with van der Waals surface area (Å²) in [4.78, 5) is 22.0. The number of para-hydroxylation sites is 1. The van der Waals surface area contributed by atoms with Crippen molar-refractivity contribution in [3.63, 3.8) is 0 Å². The third kappa shape index (κ3) is 4.51. The van der Waals surface area contributed by atoms with Gasteiger partial charge in [0, 0.05) is 24.7 Å². The van der Waals surface area contributed by atoms with E-state index >= 15 is 0 Å². The van der Waals surface area contributed by atoms with Crippen molar-refractivity contribution in [2.24, 2.45) is 5.92 Å². The second kappa shape index (κ2) is 8.53. The van der Waals surface area contributed by atoms with Crippen LogP contribution >= 0.6 is 0 Å². The maximum absolute atomic E-state index is 13.3. The van der Waals surface area contributed by atoms with Gasteiger partial charge in [0.2, 0.25) is 17.7 Å². The van der Waals surface area contributed by atoms with Gasteiger partial charge in [0.25, 0.3) is 0 Å². The first-order chi connectivity index (χ1) is 14.1. The van der Waals surface area contributed by atoms with E-state index in [1.54, 1.807) is 13.1 Å². The van der Waals surface area contributed by atoms with Crippen LogP contribution < -0.4 is 4.90 Å². The van der Waals surface area contributed by atoms with Crippen LogP contribution in [-0.4, -0.2) is 46.1 Å². The highest BCUT2D eigenvalue weighted by atomic mass is 16.4. The molecule has 3 heterocycles. The number of anilines is 1. The van der Waals surface area contributed by atoms with Crippen LogP contribution in [0, 0.1) is 12.8 Å². The van der Waals surface area contributed by atoms with Gasteiger partial charge in [0.15, 0.2) is 0 Å². The molecule has 1 aliphatic rings. The molecule has 0 spiro atoms. The summed E-state index contributed by atoms with van der Waals surface area (Å²) in [5.41, 5.74) is 2.48. The summed E-state index contributed by atoms with van der Waals surface area (Å²) in [5.74, 6) is 1.18. The summed E-state index contributed by atoms with van der Waals surface area (Å²) in [6.45, 7) is 4.09. The molecule has 0 bridgehead atoms. The molecule has 0 N–H and O–H groups in total. The molecule has 1 amide bonds. The third-order valence-electron chi connectivity index (χ3n) is 5.32. The van der Waals surface area contributed by atoms with Crippen LogP contribution in [0.4, 0.5) is 5.69 Å². The highest BCUT2D eigenvalue weighted by molar-refractivity contribution is 5.95. The fourth-order valence-corrected chi connectivity index (χ4v) is 3.60. The number of pyridine rings is 1. The molecule has 2 aromatic heterocycles. The molecule has 1 saturated heterocycles. The average Bonchev–Trinajstić information content (AvgIpc) is 3.19. The second-order valence-electron chi connectivity index (χ2n) is 7.50. The monoisotopic (exact) mass is 391 g/mol. The van der Waals surface area contributed by atoms with Crippen molar-refractivity contribution in [1.82, 2.24) is 20.1 Å². The number of benzene rings is 1. The summed E-state index contributed by atoms with van der Waals surface area (Å²) < 4.78 is 5.46. The largest absolute Gasteiger partial charge is 0.421 e. The normalized spacial score (nSPS) is 15.4. The number of rotatable bonds is 5. The van der Waals surface area contributed by atoms with Gasteiger partial charge < -0.3 is 14.2 Å². The summed E-state index contributed by atoms with van der Waals surface area (Å²) >= 11 is 0. The summed E-state index contributed by atoms with van der Waals surface area (Å²) in [6, 6.07) is 13.6. The van der Waals surface area contributed by atoms with Gasteiger partial charge in [0.1, 0.15) is 0 Å². The van der Waals surface area contributed by atoms with Crippen LogP contribution in [-0.2, 0) is 11.3 Å². The van der Waals surface area contributed by atoms with Gasteiger partial charge in [-0.05, 0) is 57.2 Å². The van der Waals surface area contributed by atoms with E-state index in [0.717, 1.165) is 42.9 Å². The molecule has 1 aliphatic heterocycles. The van der Waals surface area contributed by atoms with Crippen LogP contribution in [0.2, 0.25) is 0 Å². The average molecular weight is 391 g/mol. The number of amides is 1. The Morgan fingerprint density at radius 1 is 1.14 bits per heavy atom. The Morgan fingerprint density at radius 2 is 1.90 bits per heavy atom. The quantitative estimate of drug-likeness (QED) is 0.664. The number of hydrogen-bond donors (Lipinski definition) is 0. The Kier molecular flexibility index (Phi) is 5.67. The van der Waals surface area contributed by atoms with Crippen molar-refractivity contribution in [1.29, 1.82) is 0 Å². The van der Waals surface area contributed by atoms with E-state index in [2.05, 4.69) is 27.1 Å². The molecule has 7 heteroatoms. The molecular weight excluding hydrogens is 366 g/mol. The van der Waals surface area contributed by atoms with Crippen LogP contribution in [0.5, 0.6) is 0 Å². The molecule has 0 unspecified atom stereocenters. The summed E-state index contributed by atoms with van der Waals surface area (Å²) in [7, 11) is 2.10. The van der Waals surface area contributed by atoms with Gasteiger partial charge in [-0.3, -0.25) is 9.78 Å². The molecule has 0 saturated carbocycles. The first kappa shape index (κ1) is 19.3. The van der Waals surface area contributed by atoms with Gasteiger partial charge in [-0.2, -0.15) is 0 Å². The van der Waals surface area contributed by atoms with Crippen LogP contribution in [0.25, 0.3) is 11.5 Å². The lowest BCUT2D eigenvalue weighted by Gasteiger charge is -2.32. The number of aromatic nitrogens is 3. The zero-order valence-corrected chi connectivity index (χ0v) is 16.8. The minimum atomic E-state index is 0.0482. The lowest BCUT2D eigenvalue weighted by atomic mass is 9.95. The van der Waals surface area contributed by atoms with Gasteiger partial charge in [0.05, 0.1) is 17.8 Å². The second-order valence-corrected chi connectivity index (χ2v) is 7.50. The van der Waals surface area contributed by atoms with Gasteiger partial charge >= 0.3 is 0 Å². The van der Waals surface area contributed by atoms with E-state index in [9.17, 15) is 4.79 Å². The highest BCUT2D eigenvalue weighted by Crippen LogP contribution is 2.25. The number of piperidine rings is 1. The number of aryl methyl sites for hydroxylation is 1. The number of likely N-dealkylation sites (tertiary alicyclic amines) is 1. The van der Waals surface area contributed by atoms with Crippen molar-refractivity contribution in [3.8, 4) is 11.5 Å². The topological polar surface area (TPSA) is 75.4 Å². The first-order valence-electron chi connectivity index (χ1n) is 9.90. The Balaban J connectivity index is 1.54. The lowest BCUT2D eigenvalue weighted by molar-refractivity contribution is -0.123. The number of nitrogens with zero attached hydrogens (tertiary/aromatic N) is 5. The van der Waals surface area contributed by atoms with Crippen LogP contribution in [0.1, 0.15) is 24.4 Å². The van der Waals surface area contributed by atoms with Crippen molar-refractivity contribution >= 4 is 11.6 Å². The minimum absolute atomic E-state index is 0.0482. The highest BCUT2D eigenvalue weighted by Gasteiger charge is 2.28. The summed E-state index contributed by atoms with van der Waals surface area (Å²) in [5, 5.41) is 7.88. The molecule has 29 heavy (non-hydrogen) atoms. The van der Waals surface area contributed by atoms with Gasteiger partial charge in [-0.25, -0.2) is 0 Å². The van der Waals surface area contributed by atoms with Crippen molar-refractivity contribution in [2.45, 2.75) is 26.3 Å². The molecule has 7 nitrogen and oxygen atoms in total. The smallest absolute Gasteiger partial charge is 0.249 e. The molecule has 4 rings (SSSR count). The van der Waals surface area contributed by atoms with E-state index in [0.29, 0.717) is 18.3 Å². The van der Waals surface area contributed by atoms with Gasteiger partial charge in [-0.15, -0.1) is 10.2 Å². The number of hydrogen-bond acceptors (Lipinski definition) is 6. The van der Waals surface area contributed by atoms with Crippen LogP contribution in [0.15, 0.2) is 53.1 Å². The molecule has 1 fully saturated rings. The molecular formula is C22H25N5O2. The molecule has 0 atom stereocenters. The van der Waals surface area contributed by atoms with Gasteiger partial charge in [-0.1, -0.05) is 18.2 Å². The Bertz CT molecular complexity index is 947. The third-order valence-corrected chi connectivity index (χ3v) is 5.32. The fourth-order valence-electron chi connectivity index (χ4n) is 3.60. The van der Waals surface area contributed by atoms with Crippen molar-refractivity contribution in [2.75, 3.05) is 25.0 Å².